The topological polar surface area (TPSA) is 43.4 Å². The molecule has 0 bridgehead atoms. The summed E-state index contributed by atoms with van der Waals surface area (Å²) in [6, 6.07) is 0. The standard InChI is InChI=1S/C3H5BrO3S.Na.H/c1-2-3-8(5,6)7-4;;/h2H,1,3H2;;/q;+1;-1. The smallest absolute Gasteiger partial charge is 1.00 e. The van der Waals surface area contributed by atoms with E-state index >= 15 is 0 Å². The molecule has 0 heterocycles. The van der Waals surface area contributed by atoms with Crippen LogP contribution in [-0.2, 0) is 13.4 Å². The van der Waals surface area contributed by atoms with Gasteiger partial charge in [0.05, 0.1) is 5.75 Å². The van der Waals surface area contributed by atoms with Crippen LogP contribution in [0.3, 0.4) is 0 Å². The molecule has 9 heavy (non-hydrogen) atoms. The molecule has 3 nitrogen and oxygen atoms in total. The van der Waals surface area contributed by atoms with Crippen LogP contribution in [-0.4, -0.2) is 14.2 Å². The molecule has 0 radical (unpaired) electrons. The van der Waals surface area contributed by atoms with Gasteiger partial charge in [-0.05, 0) is 0 Å². The molecule has 0 aliphatic rings. The Bertz CT molecular complexity index is 169. The van der Waals surface area contributed by atoms with Crippen molar-refractivity contribution >= 4 is 26.4 Å². The second kappa shape index (κ2) is 5.88. The summed E-state index contributed by atoms with van der Waals surface area (Å²) in [7, 11) is -3.37. The van der Waals surface area contributed by atoms with E-state index in [0.29, 0.717) is 0 Å². The second-order valence-electron chi connectivity index (χ2n) is 1.08. The summed E-state index contributed by atoms with van der Waals surface area (Å²) in [5.74, 6) is -0.168. The van der Waals surface area contributed by atoms with Crippen LogP contribution in [0.15, 0.2) is 12.7 Å². The van der Waals surface area contributed by atoms with Crippen molar-refractivity contribution in [1.82, 2.24) is 0 Å². The van der Waals surface area contributed by atoms with Crippen molar-refractivity contribution in [3.8, 4) is 0 Å². The zero-order chi connectivity index (χ0) is 6.62. The van der Waals surface area contributed by atoms with Crippen molar-refractivity contribution in [2.75, 3.05) is 5.75 Å². The normalized spacial score (nSPS) is 9.89. The number of halogens is 1. The minimum atomic E-state index is -3.37. The van der Waals surface area contributed by atoms with Crippen molar-refractivity contribution in [2.24, 2.45) is 0 Å². The van der Waals surface area contributed by atoms with Crippen LogP contribution in [0.4, 0.5) is 0 Å². The third kappa shape index (κ3) is 7.02. The van der Waals surface area contributed by atoms with Gasteiger partial charge in [-0.1, -0.05) is 6.08 Å². The zero-order valence-electron chi connectivity index (χ0n) is 6.00. The summed E-state index contributed by atoms with van der Waals surface area (Å²) in [5.41, 5.74) is 0. The Morgan fingerprint density at radius 1 is 1.78 bits per heavy atom. The van der Waals surface area contributed by atoms with Gasteiger partial charge in [-0.3, -0.25) is 0 Å². The Hall–Kier alpha value is 1.13. The van der Waals surface area contributed by atoms with E-state index in [-0.39, 0.29) is 36.7 Å². The first-order chi connectivity index (χ1) is 3.62. The largest absolute Gasteiger partial charge is 1.00 e. The average molecular weight is 225 g/mol. The molecule has 0 aromatic rings. The molecule has 50 valence electrons. The van der Waals surface area contributed by atoms with Crippen molar-refractivity contribution in [3.63, 3.8) is 0 Å². The van der Waals surface area contributed by atoms with Crippen LogP contribution >= 0.6 is 16.3 Å². The Balaban J connectivity index is -0.000000245. The van der Waals surface area contributed by atoms with Gasteiger partial charge in [0.2, 0.25) is 0 Å². The molecule has 0 rings (SSSR count). The SMILES string of the molecule is C=CCS(=O)(=O)OBr.[H-].[Na+]. The Kier molecular flexibility index (Phi) is 8.35. The second-order valence-corrected chi connectivity index (χ2v) is 3.44. The first-order valence-electron chi connectivity index (χ1n) is 1.76. The van der Waals surface area contributed by atoms with Crippen LogP contribution in [0.2, 0.25) is 0 Å². The molecular weight excluding hydrogens is 219 g/mol. The van der Waals surface area contributed by atoms with Gasteiger partial charge in [0, 0.05) is 0 Å². The van der Waals surface area contributed by atoms with Gasteiger partial charge in [-0.15, -0.1) is 6.58 Å². The minimum Gasteiger partial charge on any atom is -1.00 e. The molecule has 0 aliphatic carbocycles. The van der Waals surface area contributed by atoms with Crippen molar-refractivity contribution in [1.29, 1.82) is 0 Å². The van der Waals surface area contributed by atoms with Gasteiger partial charge in [-0.2, -0.15) is 11.7 Å². The summed E-state index contributed by atoms with van der Waals surface area (Å²) < 4.78 is 24.4. The van der Waals surface area contributed by atoms with E-state index < -0.39 is 10.1 Å². The van der Waals surface area contributed by atoms with Crippen LogP contribution < -0.4 is 29.6 Å². The molecule has 0 aromatic carbocycles. The van der Waals surface area contributed by atoms with Crippen LogP contribution in [0.1, 0.15) is 1.43 Å². The molecule has 0 aliphatic heterocycles. The van der Waals surface area contributed by atoms with Gasteiger partial charge < -0.3 is 1.43 Å². The number of rotatable bonds is 3. The zero-order valence-corrected chi connectivity index (χ0v) is 9.41. The summed E-state index contributed by atoms with van der Waals surface area (Å²) >= 11 is 2.34. The van der Waals surface area contributed by atoms with Gasteiger partial charge in [0.15, 0.2) is 0 Å². The summed E-state index contributed by atoms with van der Waals surface area (Å²) in [5, 5.41) is 0. The van der Waals surface area contributed by atoms with E-state index in [1.54, 1.807) is 0 Å². The molecule has 0 fully saturated rings. The predicted molar refractivity (Wildman–Crippen MR) is 35.1 cm³/mol. The molecule has 6 heteroatoms. The number of hydrogen-bond acceptors (Lipinski definition) is 3. The van der Waals surface area contributed by atoms with E-state index in [9.17, 15) is 8.42 Å². The van der Waals surface area contributed by atoms with Crippen molar-refractivity contribution in [2.45, 2.75) is 0 Å². The molecule has 0 aromatic heterocycles. The molecule has 0 N–H and O–H groups in total. The average Bonchev–Trinajstić information content (AvgIpc) is 1.67. The molecular formula is C3H6BrNaO3S. The van der Waals surface area contributed by atoms with E-state index in [0.717, 1.165) is 0 Å². The Morgan fingerprint density at radius 3 is 2.33 bits per heavy atom. The summed E-state index contributed by atoms with van der Waals surface area (Å²) in [6.45, 7) is 3.21. The molecule has 0 amide bonds. The molecule has 0 saturated carbocycles. The molecule has 0 atom stereocenters. The predicted octanol–water partition coefficient (Wildman–Crippen LogP) is -2.05. The third-order valence-electron chi connectivity index (χ3n) is 0.418. The van der Waals surface area contributed by atoms with Gasteiger partial charge in [0.25, 0.3) is 10.1 Å². The van der Waals surface area contributed by atoms with Crippen molar-refractivity contribution < 1.29 is 42.7 Å². The Labute approximate surface area is 86.8 Å². The molecule has 0 spiro atoms. The van der Waals surface area contributed by atoms with Crippen LogP contribution in [0, 0.1) is 0 Å². The summed E-state index contributed by atoms with van der Waals surface area (Å²) in [6.07, 6.45) is 1.25. The number of hydrogen-bond donors (Lipinski definition) is 0. The monoisotopic (exact) mass is 224 g/mol. The van der Waals surface area contributed by atoms with Crippen molar-refractivity contribution in [3.05, 3.63) is 12.7 Å². The maximum Gasteiger partial charge on any atom is 1.00 e. The molecule has 0 unspecified atom stereocenters. The van der Waals surface area contributed by atoms with Gasteiger partial charge in [0.1, 0.15) is 16.3 Å². The van der Waals surface area contributed by atoms with Crippen LogP contribution in [0.25, 0.3) is 0 Å². The summed E-state index contributed by atoms with van der Waals surface area (Å²) in [4.78, 5) is 0. The van der Waals surface area contributed by atoms with E-state index in [2.05, 4.69) is 26.1 Å². The first-order valence-corrected chi connectivity index (χ1v) is 3.98. The van der Waals surface area contributed by atoms with Crippen LogP contribution in [0.5, 0.6) is 0 Å². The Morgan fingerprint density at radius 2 is 2.22 bits per heavy atom. The van der Waals surface area contributed by atoms with Gasteiger partial charge in [-0.25, -0.2) is 0 Å². The first kappa shape index (κ1) is 12.8. The fourth-order valence-electron chi connectivity index (χ4n) is 0.170. The minimum absolute atomic E-state index is 0. The van der Waals surface area contributed by atoms with Gasteiger partial charge >= 0.3 is 29.6 Å². The van der Waals surface area contributed by atoms with E-state index in [1.165, 1.54) is 6.08 Å². The van der Waals surface area contributed by atoms with E-state index in [1.807, 2.05) is 0 Å². The quantitative estimate of drug-likeness (QED) is 0.410. The van der Waals surface area contributed by atoms with E-state index in [4.69, 9.17) is 0 Å². The fourth-order valence-corrected chi connectivity index (χ4v) is 0.834. The third-order valence-corrected chi connectivity index (χ3v) is 2.46. The maximum atomic E-state index is 10.3. The maximum absolute atomic E-state index is 10.3. The fraction of sp³-hybridized carbons (Fsp3) is 0.333. The molecule has 0 saturated heterocycles.